The number of hydrogen-bond acceptors (Lipinski definition) is 6. The van der Waals surface area contributed by atoms with Gasteiger partial charge >= 0.3 is 0 Å². The summed E-state index contributed by atoms with van der Waals surface area (Å²) in [6, 6.07) is 10.9. The molecule has 28 heavy (non-hydrogen) atoms. The number of aromatic hydroxyl groups is 1. The summed E-state index contributed by atoms with van der Waals surface area (Å²) in [7, 11) is 0. The van der Waals surface area contributed by atoms with Crippen LogP contribution in [0.25, 0.3) is 11.3 Å². The Hall–Kier alpha value is -3.52. The van der Waals surface area contributed by atoms with Crippen LogP contribution in [0.15, 0.2) is 53.6 Å². The molecule has 8 nitrogen and oxygen atoms in total. The highest BCUT2D eigenvalue weighted by Gasteiger charge is 2.15. The van der Waals surface area contributed by atoms with Crippen molar-refractivity contribution in [1.82, 2.24) is 9.55 Å². The molecule has 142 valence electrons. The third kappa shape index (κ3) is 3.63. The van der Waals surface area contributed by atoms with Gasteiger partial charge in [-0.05, 0) is 36.4 Å². The first-order valence-electron chi connectivity index (χ1n) is 8.24. The molecule has 0 saturated heterocycles. The van der Waals surface area contributed by atoms with Crippen molar-refractivity contribution < 1.29 is 19.4 Å². The lowest BCUT2D eigenvalue weighted by Gasteiger charge is -2.09. The van der Waals surface area contributed by atoms with Gasteiger partial charge in [-0.3, -0.25) is 14.2 Å². The van der Waals surface area contributed by atoms with Gasteiger partial charge in [0.15, 0.2) is 11.5 Å². The van der Waals surface area contributed by atoms with Crippen molar-refractivity contribution in [3.05, 3.63) is 64.2 Å². The van der Waals surface area contributed by atoms with Crippen LogP contribution >= 0.6 is 11.6 Å². The number of anilines is 1. The normalized spacial score (nSPS) is 12.0. The van der Waals surface area contributed by atoms with Crippen LogP contribution < -0.4 is 20.3 Å². The fourth-order valence-electron chi connectivity index (χ4n) is 2.71. The van der Waals surface area contributed by atoms with E-state index in [4.69, 9.17) is 21.1 Å². The number of nitrogens with zero attached hydrogens (tertiary/aromatic N) is 2. The standard InChI is InChI=1S/C19H14ClN3O5/c20-12-2-3-15(24)14(6-12)22-18(25)8-23-9-21-13(7-19(23)26)11-1-4-16-17(5-11)28-10-27-16/h1-7,9,24H,8,10H2,(H,22,25). The molecule has 1 aliphatic heterocycles. The van der Waals surface area contributed by atoms with Crippen molar-refractivity contribution in [3.8, 4) is 28.5 Å². The van der Waals surface area contributed by atoms with Crippen molar-refractivity contribution in [2.45, 2.75) is 6.54 Å². The number of nitrogens with one attached hydrogen (secondary N) is 1. The lowest BCUT2D eigenvalue weighted by molar-refractivity contribution is -0.116. The number of phenolic OH excluding ortho intramolecular Hbond substituents is 1. The number of aromatic nitrogens is 2. The van der Waals surface area contributed by atoms with Crippen molar-refractivity contribution >= 4 is 23.2 Å². The minimum absolute atomic E-state index is 0.124. The molecule has 0 fully saturated rings. The van der Waals surface area contributed by atoms with E-state index in [9.17, 15) is 14.7 Å². The number of hydrogen-bond donors (Lipinski definition) is 2. The van der Waals surface area contributed by atoms with Gasteiger partial charge in [0.25, 0.3) is 5.56 Å². The summed E-state index contributed by atoms with van der Waals surface area (Å²) in [5.41, 5.74) is 0.915. The highest BCUT2D eigenvalue weighted by molar-refractivity contribution is 6.31. The summed E-state index contributed by atoms with van der Waals surface area (Å²) < 4.78 is 11.7. The van der Waals surface area contributed by atoms with Gasteiger partial charge in [0.1, 0.15) is 12.3 Å². The second kappa shape index (κ2) is 7.24. The van der Waals surface area contributed by atoms with Gasteiger partial charge in [-0.15, -0.1) is 0 Å². The largest absolute Gasteiger partial charge is 0.506 e. The Balaban J connectivity index is 1.51. The van der Waals surface area contributed by atoms with Gasteiger partial charge in [0, 0.05) is 16.7 Å². The number of phenols is 1. The smallest absolute Gasteiger partial charge is 0.254 e. The summed E-state index contributed by atoms with van der Waals surface area (Å²) in [4.78, 5) is 28.8. The van der Waals surface area contributed by atoms with Gasteiger partial charge in [-0.25, -0.2) is 4.98 Å². The van der Waals surface area contributed by atoms with Crippen molar-refractivity contribution in [2.24, 2.45) is 0 Å². The number of carbonyl (C=O) groups excluding carboxylic acids is 1. The van der Waals surface area contributed by atoms with Gasteiger partial charge in [-0.2, -0.15) is 0 Å². The Morgan fingerprint density at radius 1 is 1.18 bits per heavy atom. The maximum atomic E-state index is 12.4. The van der Waals surface area contributed by atoms with Gasteiger partial charge < -0.3 is 19.9 Å². The molecule has 9 heteroatoms. The van der Waals surface area contributed by atoms with Gasteiger partial charge in [0.2, 0.25) is 12.7 Å². The van der Waals surface area contributed by atoms with E-state index in [1.165, 1.54) is 30.6 Å². The van der Waals surface area contributed by atoms with Crippen molar-refractivity contribution in [2.75, 3.05) is 12.1 Å². The molecule has 2 N–H and O–H groups in total. The van der Waals surface area contributed by atoms with Crippen LogP contribution in [0.1, 0.15) is 0 Å². The van der Waals surface area contributed by atoms with Crippen LogP contribution in [0.2, 0.25) is 5.02 Å². The number of fused-ring (bicyclic) bond motifs is 1. The lowest BCUT2D eigenvalue weighted by atomic mass is 10.1. The first kappa shape index (κ1) is 17.9. The van der Waals surface area contributed by atoms with Crippen LogP contribution in [0.4, 0.5) is 5.69 Å². The molecule has 0 bridgehead atoms. The molecule has 0 unspecified atom stereocenters. The van der Waals surface area contributed by atoms with Crippen LogP contribution in [0, 0.1) is 0 Å². The van der Waals surface area contributed by atoms with E-state index in [-0.39, 0.29) is 24.8 Å². The summed E-state index contributed by atoms with van der Waals surface area (Å²) >= 11 is 5.85. The minimum Gasteiger partial charge on any atom is -0.506 e. The predicted octanol–water partition coefficient (Wildman–Crippen LogP) is 2.64. The molecule has 2 aromatic carbocycles. The summed E-state index contributed by atoms with van der Waals surface area (Å²) in [6.45, 7) is -0.107. The zero-order valence-electron chi connectivity index (χ0n) is 14.4. The van der Waals surface area contributed by atoms with E-state index in [0.29, 0.717) is 27.8 Å². The van der Waals surface area contributed by atoms with Crippen LogP contribution in [0.3, 0.4) is 0 Å². The minimum atomic E-state index is -0.503. The Kier molecular flexibility index (Phi) is 4.62. The zero-order chi connectivity index (χ0) is 19.7. The molecule has 0 atom stereocenters. The molecular formula is C19H14ClN3O5. The number of carbonyl (C=O) groups is 1. The molecule has 4 rings (SSSR count). The Bertz CT molecular complexity index is 1130. The van der Waals surface area contributed by atoms with E-state index < -0.39 is 11.5 Å². The maximum absolute atomic E-state index is 12.4. The lowest BCUT2D eigenvalue weighted by Crippen LogP contribution is -2.27. The van der Waals surface area contributed by atoms with E-state index in [2.05, 4.69) is 10.3 Å². The first-order chi connectivity index (χ1) is 13.5. The molecule has 2 heterocycles. The zero-order valence-corrected chi connectivity index (χ0v) is 15.1. The van der Waals surface area contributed by atoms with E-state index >= 15 is 0 Å². The molecule has 0 radical (unpaired) electrons. The average molecular weight is 400 g/mol. The molecule has 1 aliphatic rings. The first-order valence-corrected chi connectivity index (χ1v) is 8.62. The number of amides is 1. The van der Waals surface area contributed by atoms with E-state index in [0.717, 1.165) is 4.57 Å². The summed E-state index contributed by atoms with van der Waals surface area (Å²) in [6.07, 6.45) is 1.29. The second-order valence-electron chi connectivity index (χ2n) is 6.02. The summed E-state index contributed by atoms with van der Waals surface area (Å²) in [5.74, 6) is 0.598. The quantitative estimate of drug-likeness (QED) is 0.654. The molecule has 0 aliphatic carbocycles. The summed E-state index contributed by atoms with van der Waals surface area (Å²) in [5, 5.41) is 12.6. The Morgan fingerprint density at radius 3 is 2.82 bits per heavy atom. The Labute approximate surface area is 163 Å². The number of halogens is 1. The third-order valence-corrected chi connectivity index (χ3v) is 4.33. The average Bonchev–Trinajstić information content (AvgIpc) is 3.14. The van der Waals surface area contributed by atoms with Gasteiger partial charge in [-0.1, -0.05) is 11.6 Å². The topological polar surface area (TPSA) is 103 Å². The molecular weight excluding hydrogens is 386 g/mol. The number of benzene rings is 2. The fraction of sp³-hybridized carbons (Fsp3) is 0.105. The SMILES string of the molecule is O=C(Cn1cnc(-c2ccc3c(c2)OCO3)cc1=O)Nc1cc(Cl)ccc1O. The van der Waals surface area contributed by atoms with Crippen LogP contribution in [-0.2, 0) is 11.3 Å². The second-order valence-corrected chi connectivity index (χ2v) is 6.45. The molecule has 3 aromatic rings. The van der Waals surface area contributed by atoms with Gasteiger partial charge in [0.05, 0.1) is 17.7 Å². The Morgan fingerprint density at radius 2 is 2.00 bits per heavy atom. The molecule has 1 amide bonds. The van der Waals surface area contributed by atoms with Crippen LogP contribution in [0.5, 0.6) is 17.2 Å². The van der Waals surface area contributed by atoms with Crippen molar-refractivity contribution in [1.29, 1.82) is 0 Å². The molecule has 0 spiro atoms. The fourth-order valence-corrected chi connectivity index (χ4v) is 2.88. The number of rotatable bonds is 4. The maximum Gasteiger partial charge on any atom is 0.254 e. The highest BCUT2D eigenvalue weighted by atomic mass is 35.5. The highest BCUT2D eigenvalue weighted by Crippen LogP contribution is 2.35. The number of ether oxygens (including phenoxy) is 2. The van der Waals surface area contributed by atoms with E-state index in [1.807, 2.05) is 0 Å². The van der Waals surface area contributed by atoms with E-state index in [1.54, 1.807) is 18.2 Å². The van der Waals surface area contributed by atoms with Crippen molar-refractivity contribution in [3.63, 3.8) is 0 Å². The third-order valence-electron chi connectivity index (χ3n) is 4.09. The molecule has 1 aromatic heterocycles. The predicted molar refractivity (Wildman–Crippen MR) is 102 cm³/mol. The molecule has 0 saturated carbocycles. The monoisotopic (exact) mass is 399 g/mol. The van der Waals surface area contributed by atoms with Crippen LogP contribution in [-0.4, -0.2) is 27.4 Å².